The van der Waals surface area contributed by atoms with Crippen LogP contribution in [0.15, 0.2) is 18.7 Å². The molecule has 1 atom stereocenters. The number of carboxylic acids is 1. The summed E-state index contributed by atoms with van der Waals surface area (Å²) in [6.45, 7) is 1.92. The van der Waals surface area contributed by atoms with Crippen molar-refractivity contribution < 1.29 is 14.7 Å². The van der Waals surface area contributed by atoms with Crippen LogP contribution in [-0.2, 0) is 16.1 Å². The Morgan fingerprint density at radius 2 is 2.33 bits per heavy atom. The van der Waals surface area contributed by atoms with Crippen molar-refractivity contribution in [3.8, 4) is 0 Å². The van der Waals surface area contributed by atoms with Gasteiger partial charge >= 0.3 is 5.97 Å². The molecule has 0 bridgehead atoms. The lowest BCUT2D eigenvalue weighted by atomic mass is 10.1. The first-order valence-corrected chi connectivity index (χ1v) is 5.87. The molecular formula is C11H16N4O3. The van der Waals surface area contributed by atoms with Crippen molar-refractivity contribution in [2.24, 2.45) is 0 Å². The molecule has 1 amide bonds. The Morgan fingerprint density at radius 3 is 3.00 bits per heavy atom. The van der Waals surface area contributed by atoms with Crippen molar-refractivity contribution in [1.29, 1.82) is 0 Å². The average molecular weight is 252 g/mol. The van der Waals surface area contributed by atoms with Gasteiger partial charge in [-0.1, -0.05) is 0 Å². The number of carboxylic acid groups (broad SMARTS) is 1. The maximum atomic E-state index is 12.0. The number of hydrogen-bond donors (Lipinski definition) is 2. The van der Waals surface area contributed by atoms with Gasteiger partial charge in [0.1, 0.15) is 6.04 Å². The van der Waals surface area contributed by atoms with Gasteiger partial charge in [-0.3, -0.25) is 4.79 Å². The summed E-state index contributed by atoms with van der Waals surface area (Å²) < 4.78 is 1.80. The number of aromatic nitrogens is 2. The second-order valence-electron chi connectivity index (χ2n) is 4.20. The zero-order valence-electron chi connectivity index (χ0n) is 9.95. The highest BCUT2D eigenvalue weighted by atomic mass is 16.4. The summed E-state index contributed by atoms with van der Waals surface area (Å²) in [5, 5.41) is 12.0. The van der Waals surface area contributed by atoms with Crippen LogP contribution in [0.2, 0.25) is 0 Å². The van der Waals surface area contributed by atoms with E-state index in [-0.39, 0.29) is 5.91 Å². The lowest BCUT2D eigenvalue weighted by Gasteiger charge is -2.33. The van der Waals surface area contributed by atoms with Crippen LogP contribution in [0.3, 0.4) is 0 Å². The van der Waals surface area contributed by atoms with Crippen molar-refractivity contribution in [2.75, 3.05) is 19.6 Å². The second kappa shape index (κ2) is 5.63. The van der Waals surface area contributed by atoms with Crippen molar-refractivity contribution in [1.82, 2.24) is 19.8 Å². The van der Waals surface area contributed by atoms with Crippen LogP contribution in [0.5, 0.6) is 0 Å². The van der Waals surface area contributed by atoms with Crippen molar-refractivity contribution in [2.45, 2.75) is 19.0 Å². The van der Waals surface area contributed by atoms with E-state index in [1.165, 1.54) is 4.90 Å². The number of piperazine rings is 1. The molecule has 0 aromatic carbocycles. The number of nitrogens with zero attached hydrogens (tertiary/aromatic N) is 3. The summed E-state index contributed by atoms with van der Waals surface area (Å²) in [6.07, 6.45) is 5.36. The molecule has 98 valence electrons. The summed E-state index contributed by atoms with van der Waals surface area (Å²) in [4.78, 5) is 28.4. The minimum Gasteiger partial charge on any atom is -0.480 e. The molecule has 1 aromatic rings. The van der Waals surface area contributed by atoms with E-state index in [1.54, 1.807) is 23.3 Å². The summed E-state index contributed by atoms with van der Waals surface area (Å²) in [6, 6.07) is -0.756. The SMILES string of the molecule is O=C(O)C1CNCCN1C(=O)CCn1ccnc1. The molecule has 2 heterocycles. The Bertz CT molecular complexity index is 418. The maximum Gasteiger partial charge on any atom is 0.327 e. The molecule has 7 nitrogen and oxygen atoms in total. The Labute approximate surface area is 104 Å². The zero-order chi connectivity index (χ0) is 13.0. The minimum absolute atomic E-state index is 0.127. The molecule has 2 N–H and O–H groups in total. The first-order valence-electron chi connectivity index (χ1n) is 5.87. The molecular weight excluding hydrogens is 236 g/mol. The molecule has 0 aliphatic carbocycles. The van der Waals surface area contributed by atoms with Gasteiger partial charge in [0.15, 0.2) is 0 Å². The molecule has 1 fully saturated rings. The first-order chi connectivity index (χ1) is 8.68. The molecule has 7 heteroatoms. The lowest BCUT2D eigenvalue weighted by molar-refractivity contribution is -0.151. The van der Waals surface area contributed by atoms with E-state index in [0.29, 0.717) is 32.6 Å². The molecule has 0 saturated carbocycles. The molecule has 0 radical (unpaired) electrons. The molecule has 2 rings (SSSR count). The molecule has 18 heavy (non-hydrogen) atoms. The van der Waals surface area contributed by atoms with Gasteiger partial charge in [-0.25, -0.2) is 9.78 Å². The van der Waals surface area contributed by atoms with E-state index in [0.717, 1.165) is 0 Å². The number of aliphatic carboxylic acids is 1. The van der Waals surface area contributed by atoms with Gasteiger partial charge < -0.3 is 19.9 Å². The number of nitrogens with one attached hydrogen (secondary N) is 1. The number of hydrogen-bond acceptors (Lipinski definition) is 4. The number of rotatable bonds is 4. The van der Waals surface area contributed by atoms with Gasteiger partial charge in [0.2, 0.25) is 5.91 Å². The fraction of sp³-hybridized carbons (Fsp3) is 0.545. The van der Waals surface area contributed by atoms with Gasteiger partial charge in [-0.15, -0.1) is 0 Å². The fourth-order valence-corrected chi connectivity index (χ4v) is 2.01. The van der Waals surface area contributed by atoms with Crippen LogP contribution >= 0.6 is 0 Å². The highest BCUT2D eigenvalue weighted by Gasteiger charge is 2.31. The lowest BCUT2D eigenvalue weighted by Crippen LogP contribution is -2.57. The van der Waals surface area contributed by atoms with Crippen molar-refractivity contribution in [3.63, 3.8) is 0 Å². The normalized spacial score (nSPS) is 19.8. The van der Waals surface area contributed by atoms with E-state index in [1.807, 2.05) is 0 Å². The standard InChI is InChI=1S/C11H16N4O3/c16-10(1-4-14-5-2-13-8-14)15-6-3-12-7-9(15)11(17)18/h2,5,8-9,12H,1,3-4,6-7H2,(H,17,18). The van der Waals surface area contributed by atoms with Crippen LogP contribution in [-0.4, -0.2) is 57.1 Å². The van der Waals surface area contributed by atoms with E-state index < -0.39 is 12.0 Å². The van der Waals surface area contributed by atoms with Crippen molar-refractivity contribution in [3.05, 3.63) is 18.7 Å². The molecule has 0 spiro atoms. The number of aryl methyl sites for hydroxylation is 1. The van der Waals surface area contributed by atoms with Gasteiger partial charge in [0, 0.05) is 45.0 Å². The predicted octanol–water partition coefficient (Wildman–Crippen LogP) is -0.842. The van der Waals surface area contributed by atoms with E-state index >= 15 is 0 Å². The van der Waals surface area contributed by atoms with Crippen LogP contribution < -0.4 is 5.32 Å². The molecule has 1 aliphatic heterocycles. The Morgan fingerprint density at radius 1 is 1.50 bits per heavy atom. The van der Waals surface area contributed by atoms with Gasteiger partial charge in [0.25, 0.3) is 0 Å². The fourth-order valence-electron chi connectivity index (χ4n) is 2.01. The summed E-state index contributed by atoms with van der Waals surface area (Å²) in [5.74, 6) is -1.09. The van der Waals surface area contributed by atoms with Crippen LogP contribution in [0.25, 0.3) is 0 Å². The summed E-state index contributed by atoms with van der Waals surface area (Å²) >= 11 is 0. The zero-order valence-corrected chi connectivity index (χ0v) is 9.95. The van der Waals surface area contributed by atoms with Crippen LogP contribution in [0, 0.1) is 0 Å². The van der Waals surface area contributed by atoms with Crippen LogP contribution in [0.4, 0.5) is 0 Å². The van der Waals surface area contributed by atoms with E-state index in [9.17, 15) is 9.59 Å². The highest BCUT2D eigenvalue weighted by molar-refractivity contribution is 5.84. The molecule has 1 unspecified atom stereocenters. The predicted molar refractivity (Wildman–Crippen MR) is 62.9 cm³/mol. The molecule has 1 saturated heterocycles. The number of carbonyl (C=O) groups excluding carboxylic acids is 1. The third kappa shape index (κ3) is 2.86. The summed E-state index contributed by atoms with van der Waals surface area (Å²) in [7, 11) is 0. The monoisotopic (exact) mass is 252 g/mol. The van der Waals surface area contributed by atoms with Crippen LogP contribution in [0.1, 0.15) is 6.42 Å². The van der Waals surface area contributed by atoms with Gasteiger partial charge in [-0.05, 0) is 0 Å². The second-order valence-corrected chi connectivity index (χ2v) is 4.20. The number of amides is 1. The quantitative estimate of drug-likeness (QED) is 0.729. The smallest absolute Gasteiger partial charge is 0.327 e. The first kappa shape index (κ1) is 12.6. The number of imidazole rings is 1. The van der Waals surface area contributed by atoms with E-state index in [2.05, 4.69) is 10.3 Å². The minimum atomic E-state index is -0.960. The summed E-state index contributed by atoms with van der Waals surface area (Å²) in [5.41, 5.74) is 0. The third-order valence-electron chi connectivity index (χ3n) is 2.99. The van der Waals surface area contributed by atoms with Gasteiger partial charge in [-0.2, -0.15) is 0 Å². The Hall–Kier alpha value is -1.89. The Balaban J connectivity index is 1.92. The Kier molecular flexibility index (Phi) is 3.93. The third-order valence-corrected chi connectivity index (χ3v) is 2.99. The van der Waals surface area contributed by atoms with Gasteiger partial charge in [0.05, 0.1) is 6.33 Å². The highest BCUT2D eigenvalue weighted by Crippen LogP contribution is 2.07. The molecule has 1 aliphatic rings. The maximum absolute atomic E-state index is 12.0. The van der Waals surface area contributed by atoms with E-state index in [4.69, 9.17) is 5.11 Å². The van der Waals surface area contributed by atoms with Crippen molar-refractivity contribution >= 4 is 11.9 Å². The topological polar surface area (TPSA) is 87.5 Å². The average Bonchev–Trinajstić information content (AvgIpc) is 2.89. The molecule has 1 aromatic heterocycles. The largest absolute Gasteiger partial charge is 0.480 e. The number of carbonyl (C=O) groups is 2.